The zero-order valence-corrected chi connectivity index (χ0v) is 11.0. The number of hydrogen-bond acceptors (Lipinski definition) is 4. The lowest BCUT2D eigenvalue weighted by atomic mass is 10.1. The number of aliphatic hydroxyl groups is 1. The highest BCUT2D eigenvalue weighted by Gasteiger charge is 2.12. The monoisotopic (exact) mass is 254 g/mol. The maximum Gasteiger partial charge on any atom is 0.254 e. The van der Waals surface area contributed by atoms with E-state index in [1.807, 2.05) is 13.2 Å². The van der Waals surface area contributed by atoms with Gasteiger partial charge >= 0.3 is 0 Å². The zero-order valence-electron chi connectivity index (χ0n) is 10.1. The fraction of sp³-hybridized carbons (Fsp3) is 0.500. The van der Waals surface area contributed by atoms with Crippen LogP contribution in [0.25, 0.3) is 0 Å². The summed E-state index contributed by atoms with van der Waals surface area (Å²) in [6.45, 7) is 2.72. The molecule has 1 aromatic heterocycles. The predicted octanol–water partition coefficient (Wildman–Crippen LogP) is 1.55. The second kappa shape index (κ2) is 7.29. The third kappa shape index (κ3) is 4.36. The summed E-state index contributed by atoms with van der Waals surface area (Å²) in [5.41, 5.74) is 0.608. The third-order valence-electron chi connectivity index (χ3n) is 2.44. The number of aromatic nitrogens is 1. The normalized spacial score (nSPS) is 12.2. The van der Waals surface area contributed by atoms with Gasteiger partial charge in [0.2, 0.25) is 0 Å². The summed E-state index contributed by atoms with van der Waals surface area (Å²) in [7, 11) is 0. The van der Waals surface area contributed by atoms with Gasteiger partial charge in [0.05, 0.1) is 5.56 Å². The molecule has 1 heterocycles. The maximum absolute atomic E-state index is 11.9. The Morgan fingerprint density at radius 2 is 2.41 bits per heavy atom. The Morgan fingerprint density at radius 3 is 3.06 bits per heavy atom. The smallest absolute Gasteiger partial charge is 0.254 e. The van der Waals surface area contributed by atoms with Gasteiger partial charge in [0, 0.05) is 19.3 Å². The van der Waals surface area contributed by atoms with Crippen molar-refractivity contribution >= 4 is 17.7 Å². The average molecular weight is 254 g/mol. The topological polar surface area (TPSA) is 62.2 Å². The van der Waals surface area contributed by atoms with Gasteiger partial charge in [-0.15, -0.1) is 11.8 Å². The SMILES string of the molecule is CSc1ncccc1C(=O)NCC(C)CCO. The molecule has 4 nitrogen and oxygen atoms in total. The van der Waals surface area contributed by atoms with Gasteiger partial charge in [0.25, 0.3) is 5.91 Å². The van der Waals surface area contributed by atoms with Crippen LogP contribution in [-0.2, 0) is 0 Å². The lowest BCUT2D eigenvalue weighted by molar-refractivity contribution is 0.0942. The Hall–Kier alpha value is -1.07. The van der Waals surface area contributed by atoms with E-state index in [0.29, 0.717) is 18.5 Å². The Labute approximate surface area is 106 Å². The molecule has 0 aliphatic heterocycles. The van der Waals surface area contributed by atoms with E-state index < -0.39 is 0 Å². The van der Waals surface area contributed by atoms with Crippen LogP contribution < -0.4 is 5.32 Å². The lowest BCUT2D eigenvalue weighted by Gasteiger charge is -2.12. The lowest BCUT2D eigenvalue weighted by Crippen LogP contribution is -2.29. The van der Waals surface area contributed by atoms with Crippen LogP contribution in [0.5, 0.6) is 0 Å². The average Bonchev–Trinajstić information content (AvgIpc) is 2.36. The number of aliphatic hydroxyl groups excluding tert-OH is 1. The summed E-state index contributed by atoms with van der Waals surface area (Å²) < 4.78 is 0. The second-order valence-corrected chi connectivity index (χ2v) is 4.68. The van der Waals surface area contributed by atoms with Gasteiger partial charge in [-0.25, -0.2) is 4.98 Å². The molecule has 0 aliphatic rings. The molecule has 0 aliphatic carbocycles. The minimum Gasteiger partial charge on any atom is -0.396 e. The highest BCUT2D eigenvalue weighted by molar-refractivity contribution is 7.98. The Kier molecular flexibility index (Phi) is 6.00. The van der Waals surface area contributed by atoms with E-state index in [1.54, 1.807) is 18.3 Å². The number of carbonyl (C=O) groups excluding carboxylic acids is 1. The molecule has 1 atom stereocenters. The van der Waals surface area contributed by atoms with Gasteiger partial charge in [-0.1, -0.05) is 6.92 Å². The molecule has 17 heavy (non-hydrogen) atoms. The van der Waals surface area contributed by atoms with E-state index in [-0.39, 0.29) is 18.4 Å². The number of hydrogen-bond donors (Lipinski definition) is 2. The van der Waals surface area contributed by atoms with Crippen molar-refractivity contribution in [3.05, 3.63) is 23.9 Å². The zero-order chi connectivity index (χ0) is 12.7. The van der Waals surface area contributed by atoms with E-state index in [0.717, 1.165) is 5.03 Å². The van der Waals surface area contributed by atoms with E-state index >= 15 is 0 Å². The second-order valence-electron chi connectivity index (χ2n) is 3.89. The highest BCUT2D eigenvalue weighted by Crippen LogP contribution is 2.16. The quantitative estimate of drug-likeness (QED) is 0.756. The minimum atomic E-state index is -0.104. The first-order valence-electron chi connectivity index (χ1n) is 5.57. The van der Waals surface area contributed by atoms with Crippen LogP contribution in [0.3, 0.4) is 0 Å². The first kappa shape index (κ1) is 14.0. The molecule has 5 heteroatoms. The standard InChI is InChI=1S/C12H18N2O2S/c1-9(5-7-15)8-14-11(16)10-4-3-6-13-12(10)17-2/h3-4,6,9,15H,5,7-8H2,1-2H3,(H,14,16). The Bertz CT molecular complexity index is 371. The van der Waals surface area contributed by atoms with Crippen LogP contribution in [0.1, 0.15) is 23.7 Å². The molecule has 0 saturated heterocycles. The molecular weight excluding hydrogens is 236 g/mol. The van der Waals surface area contributed by atoms with Crippen molar-refractivity contribution in [1.82, 2.24) is 10.3 Å². The molecule has 2 N–H and O–H groups in total. The van der Waals surface area contributed by atoms with Crippen molar-refractivity contribution in [2.75, 3.05) is 19.4 Å². The molecule has 0 saturated carbocycles. The predicted molar refractivity (Wildman–Crippen MR) is 69.2 cm³/mol. The van der Waals surface area contributed by atoms with Crippen molar-refractivity contribution in [2.24, 2.45) is 5.92 Å². The van der Waals surface area contributed by atoms with Gasteiger partial charge in [0.1, 0.15) is 5.03 Å². The van der Waals surface area contributed by atoms with E-state index in [2.05, 4.69) is 10.3 Å². The molecule has 0 spiro atoms. The summed E-state index contributed by atoms with van der Waals surface area (Å²) in [6, 6.07) is 3.52. The highest BCUT2D eigenvalue weighted by atomic mass is 32.2. The number of carbonyl (C=O) groups is 1. The largest absolute Gasteiger partial charge is 0.396 e. The van der Waals surface area contributed by atoms with Gasteiger partial charge in [-0.05, 0) is 30.7 Å². The third-order valence-corrected chi connectivity index (χ3v) is 3.15. The van der Waals surface area contributed by atoms with Crippen molar-refractivity contribution in [1.29, 1.82) is 0 Å². The molecule has 1 aromatic rings. The number of pyridine rings is 1. The maximum atomic E-state index is 11.9. The van der Waals surface area contributed by atoms with Crippen LogP contribution in [0.4, 0.5) is 0 Å². The Morgan fingerprint density at radius 1 is 1.65 bits per heavy atom. The molecule has 0 radical (unpaired) electrons. The first-order valence-corrected chi connectivity index (χ1v) is 6.79. The summed E-state index contributed by atoms with van der Waals surface area (Å²) in [5, 5.41) is 12.4. The van der Waals surface area contributed by atoms with Crippen LogP contribution in [0.15, 0.2) is 23.4 Å². The van der Waals surface area contributed by atoms with Crippen LogP contribution >= 0.6 is 11.8 Å². The molecule has 0 bridgehead atoms. The summed E-state index contributed by atoms with van der Waals surface area (Å²) in [4.78, 5) is 16.0. The molecule has 0 fully saturated rings. The number of nitrogens with zero attached hydrogens (tertiary/aromatic N) is 1. The van der Waals surface area contributed by atoms with Crippen LogP contribution in [-0.4, -0.2) is 35.4 Å². The van der Waals surface area contributed by atoms with Crippen molar-refractivity contribution < 1.29 is 9.90 Å². The molecule has 1 amide bonds. The van der Waals surface area contributed by atoms with E-state index in [4.69, 9.17) is 5.11 Å². The van der Waals surface area contributed by atoms with Crippen LogP contribution in [0, 0.1) is 5.92 Å². The van der Waals surface area contributed by atoms with E-state index in [9.17, 15) is 4.79 Å². The fourth-order valence-electron chi connectivity index (χ4n) is 1.41. The Balaban J connectivity index is 2.58. The fourth-order valence-corrected chi connectivity index (χ4v) is 1.96. The summed E-state index contributed by atoms with van der Waals surface area (Å²) in [5.74, 6) is 0.172. The summed E-state index contributed by atoms with van der Waals surface area (Å²) >= 11 is 1.46. The summed E-state index contributed by atoms with van der Waals surface area (Å²) in [6.07, 6.45) is 4.27. The van der Waals surface area contributed by atoms with Gasteiger partial charge in [-0.2, -0.15) is 0 Å². The van der Waals surface area contributed by atoms with Gasteiger partial charge in [0.15, 0.2) is 0 Å². The molecule has 0 aromatic carbocycles. The molecular formula is C12H18N2O2S. The molecule has 1 rings (SSSR count). The van der Waals surface area contributed by atoms with Gasteiger partial charge < -0.3 is 10.4 Å². The van der Waals surface area contributed by atoms with E-state index in [1.165, 1.54) is 11.8 Å². The number of rotatable bonds is 6. The van der Waals surface area contributed by atoms with Crippen LogP contribution in [0.2, 0.25) is 0 Å². The number of amides is 1. The molecule has 94 valence electrons. The van der Waals surface area contributed by atoms with Crippen molar-refractivity contribution in [3.63, 3.8) is 0 Å². The van der Waals surface area contributed by atoms with Gasteiger partial charge in [-0.3, -0.25) is 4.79 Å². The number of thioether (sulfide) groups is 1. The minimum absolute atomic E-state index is 0.104. The number of nitrogens with one attached hydrogen (secondary N) is 1. The van der Waals surface area contributed by atoms with Crippen molar-refractivity contribution in [2.45, 2.75) is 18.4 Å². The van der Waals surface area contributed by atoms with Crippen molar-refractivity contribution in [3.8, 4) is 0 Å². The molecule has 1 unspecified atom stereocenters. The first-order chi connectivity index (χ1) is 8.19.